The third kappa shape index (κ3) is 4.13. The molecule has 5 heteroatoms. The van der Waals surface area contributed by atoms with E-state index in [1.54, 1.807) is 31.2 Å². The lowest BCUT2D eigenvalue weighted by Gasteiger charge is -2.18. The molecular formula is C19H22N2O3. The number of anilines is 2. The quantitative estimate of drug-likeness (QED) is 0.651. The maximum atomic E-state index is 12.5. The average Bonchev–Trinajstić information content (AvgIpc) is 2.56. The fourth-order valence-electron chi connectivity index (χ4n) is 2.35. The van der Waals surface area contributed by atoms with Crippen molar-refractivity contribution in [2.45, 2.75) is 33.3 Å². The minimum absolute atomic E-state index is 0.335. The highest BCUT2D eigenvalue weighted by molar-refractivity contribution is 5.98. The Morgan fingerprint density at radius 1 is 1.08 bits per heavy atom. The highest BCUT2D eigenvalue weighted by Crippen LogP contribution is 2.20. The highest BCUT2D eigenvalue weighted by Gasteiger charge is 2.23. The second kappa shape index (κ2) is 7.64. The van der Waals surface area contributed by atoms with Gasteiger partial charge in [-0.3, -0.25) is 4.79 Å². The second-order valence-electron chi connectivity index (χ2n) is 5.68. The van der Waals surface area contributed by atoms with Crippen LogP contribution in [0.5, 0.6) is 0 Å². The standard InChI is InChI=1S/C19H22N2O3/c1-4-16(24-19(23)14-8-10-15(20)11-9-14)18(22)21-17-12(2)6-5-7-13(17)3/h5-11,16H,4,20H2,1-3H3,(H,21,22). The summed E-state index contributed by atoms with van der Waals surface area (Å²) in [6, 6.07) is 12.2. The monoisotopic (exact) mass is 326 g/mol. The molecule has 0 saturated heterocycles. The van der Waals surface area contributed by atoms with Gasteiger partial charge in [0.05, 0.1) is 5.56 Å². The van der Waals surface area contributed by atoms with Crippen molar-refractivity contribution in [3.05, 3.63) is 59.2 Å². The number of nitrogens with two attached hydrogens (primary N) is 1. The van der Waals surface area contributed by atoms with Crippen molar-refractivity contribution in [3.8, 4) is 0 Å². The Morgan fingerprint density at radius 2 is 1.67 bits per heavy atom. The summed E-state index contributed by atoms with van der Waals surface area (Å²) in [6.07, 6.45) is -0.466. The van der Waals surface area contributed by atoms with Crippen LogP contribution in [0.4, 0.5) is 11.4 Å². The zero-order chi connectivity index (χ0) is 17.7. The molecule has 2 aromatic carbocycles. The Bertz CT molecular complexity index is 719. The van der Waals surface area contributed by atoms with Gasteiger partial charge in [-0.2, -0.15) is 0 Å². The van der Waals surface area contributed by atoms with Crippen molar-refractivity contribution in [3.63, 3.8) is 0 Å². The van der Waals surface area contributed by atoms with Crippen LogP contribution in [-0.2, 0) is 9.53 Å². The van der Waals surface area contributed by atoms with Gasteiger partial charge in [-0.05, 0) is 55.7 Å². The van der Waals surface area contributed by atoms with Crippen LogP contribution in [-0.4, -0.2) is 18.0 Å². The number of para-hydroxylation sites is 1. The topological polar surface area (TPSA) is 81.4 Å². The number of hydrogen-bond donors (Lipinski definition) is 2. The first-order valence-corrected chi connectivity index (χ1v) is 7.86. The Balaban J connectivity index is 2.09. The zero-order valence-electron chi connectivity index (χ0n) is 14.1. The first-order chi connectivity index (χ1) is 11.4. The van der Waals surface area contributed by atoms with E-state index in [4.69, 9.17) is 10.5 Å². The van der Waals surface area contributed by atoms with Gasteiger partial charge < -0.3 is 15.8 Å². The summed E-state index contributed by atoms with van der Waals surface area (Å²) < 4.78 is 5.35. The molecule has 0 aliphatic heterocycles. The van der Waals surface area contributed by atoms with E-state index in [2.05, 4.69) is 5.32 Å². The van der Waals surface area contributed by atoms with Crippen LogP contribution in [0.15, 0.2) is 42.5 Å². The van der Waals surface area contributed by atoms with E-state index >= 15 is 0 Å². The lowest BCUT2D eigenvalue weighted by molar-refractivity contribution is -0.124. The van der Waals surface area contributed by atoms with E-state index < -0.39 is 12.1 Å². The minimum Gasteiger partial charge on any atom is -0.449 e. The summed E-state index contributed by atoms with van der Waals surface area (Å²) in [6.45, 7) is 5.64. The fraction of sp³-hybridized carbons (Fsp3) is 0.263. The number of benzene rings is 2. The third-order valence-corrected chi connectivity index (χ3v) is 3.79. The van der Waals surface area contributed by atoms with Gasteiger partial charge in [-0.1, -0.05) is 25.1 Å². The van der Waals surface area contributed by atoms with Crippen LogP contribution < -0.4 is 11.1 Å². The predicted octanol–water partition coefficient (Wildman–Crippen LogP) is 3.46. The average molecular weight is 326 g/mol. The summed E-state index contributed by atoms with van der Waals surface area (Å²) in [5.74, 6) is -0.878. The normalized spacial score (nSPS) is 11.6. The first kappa shape index (κ1) is 17.5. The number of esters is 1. The van der Waals surface area contributed by atoms with Crippen molar-refractivity contribution >= 4 is 23.3 Å². The molecule has 126 valence electrons. The first-order valence-electron chi connectivity index (χ1n) is 7.86. The molecule has 0 aliphatic carbocycles. The van der Waals surface area contributed by atoms with Gasteiger partial charge in [-0.25, -0.2) is 4.79 Å². The molecule has 1 amide bonds. The molecule has 24 heavy (non-hydrogen) atoms. The Kier molecular flexibility index (Phi) is 5.58. The minimum atomic E-state index is -0.853. The Hall–Kier alpha value is -2.82. The second-order valence-corrected chi connectivity index (χ2v) is 5.68. The Labute approximate surface area is 141 Å². The molecule has 1 atom stereocenters. The number of ether oxygens (including phenoxy) is 1. The molecule has 2 aromatic rings. The summed E-state index contributed by atoms with van der Waals surface area (Å²) >= 11 is 0. The molecule has 0 aromatic heterocycles. The number of rotatable bonds is 5. The lowest BCUT2D eigenvalue weighted by atomic mass is 10.1. The SMILES string of the molecule is CCC(OC(=O)c1ccc(N)cc1)C(=O)Nc1c(C)cccc1C. The van der Waals surface area contributed by atoms with Gasteiger partial charge in [0.25, 0.3) is 5.91 Å². The summed E-state index contributed by atoms with van der Waals surface area (Å²) in [4.78, 5) is 24.6. The maximum absolute atomic E-state index is 12.5. The van der Waals surface area contributed by atoms with Crippen LogP contribution in [0.1, 0.15) is 34.8 Å². The summed E-state index contributed by atoms with van der Waals surface area (Å²) in [5, 5.41) is 2.86. The molecule has 0 fully saturated rings. The zero-order valence-corrected chi connectivity index (χ0v) is 14.1. The molecule has 0 spiro atoms. The van der Waals surface area contributed by atoms with Crippen molar-refractivity contribution in [2.24, 2.45) is 0 Å². The number of carbonyl (C=O) groups excluding carboxylic acids is 2. The van der Waals surface area contributed by atoms with Gasteiger partial charge in [0.1, 0.15) is 0 Å². The van der Waals surface area contributed by atoms with Gasteiger partial charge in [0.2, 0.25) is 0 Å². The number of nitrogens with one attached hydrogen (secondary N) is 1. The van der Waals surface area contributed by atoms with Crippen LogP contribution in [0, 0.1) is 13.8 Å². The molecule has 0 saturated carbocycles. The predicted molar refractivity (Wildman–Crippen MR) is 94.9 cm³/mol. The van der Waals surface area contributed by atoms with Gasteiger partial charge in [-0.15, -0.1) is 0 Å². The number of carbonyl (C=O) groups is 2. The van der Waals surface area contributed by atoms with Crippen LogP contribution in [0.3, 0.4) is 0 Å². The molecule has 3 N–H and O–H groups in total. The highest BCUT2D eigenvalue weighted by atomic mass is 16.5. The number of nitrogen functional groups attached to an aromatic ring is 1. The van der Waals surface area contributed by atoms with Gasteiger partial charge in [0.15, 0.2) is 6.10 Å². The fourth-order valence-corrected chi connectivity index (χ4v) is 2.35. The van der Waals surface area contributed by atoms with Crippen LogP contribution in [0.2, 0.25) is 0 Å². The molecule has 0 bridgehead atoms. The van der Waals surface area contributed by atoms with E-state index in [0.717, 1.165) is 16.8 Å². The third-order valence-electron chi connectivity index (χ3n) is 3.79. The molecule has 1 unspecified atom stereocenters. The van der Waals surface area contributed by atoms with Crippen LogP contribution in [0.25, 0.3) is 0 Å². The van der Waals surface area contributed by atoms with E-state index in [0.29, 0.717) is 17.7 Å². The van der Waals surface area contributed by atoms with Crippen molar-refractivity contribution in [1.82, 2.24) is 0 Å². The van der Waals surface area contributed by atoms with E-state index in [-0.39, 0.29) is 5.91 Å². The molecule has 5 nitrogen and oxygen atoms in total. The van der Waals surface area contributed by atoms with E-state index in [9.17, 15) is 9.59 Å². The van der Waals surface area contributed by atoms with Crippen molar-refractivity contribution < 1.29 is 14.3 Å². The smallest absolute Gasteiger partial charge is 0.338 e. The van der Waals surface area contributed by atoms with Gasteiger partial charge >= 0.3 is 5.97 Å². The summed E-state index contributed by atoms with van der Waals surface area (Å²) in [7, 11) is 0. The van der Waals surface area contributed by atoms with Gasteiger partial charge in [0, 0.05) is 11.4 Å². The molecule has 0 radical (unpaired) electrons. The van der Waals surface area contributed by atoms with Crippen LogP contribution >= 0.6 is 0 Å². The van der Waals surface area contributed by atoms with Crippen molar-refractivity contribution in [2.75, 3.05) is 11.1 Å². The molecule has 0 heterocycles. The van der Waals surface area contributed by atoms with E-state index in [1.807, 2.05) is 32.0 Å². The number of amides is 1. The number of aryl methyl sites for hydroxylation is 2. The Morgan fingerprint density at radius 3 is 2.21 bits per heavy atom. The molecular weight excluding hydrogens is 304 g/mol. The van der Waals surface area contributed by atoms with E-state index in [1.165, 1.54) is 0 Å². The van der Waals surface area contributed by atoms with Crippen molar-refractivity contribution in [1.29, 1.82) is 0 Å². The maximum Gasteiger partial charge on any atom is 0.338 e. The molecule has 0 aliphatic rings. The lowest BCUT2D eigenvalue weighted by Crippen LogP contribution is -2.32. The summed E-state index contributed by atoms with van der Waals surface area (Å²) in [5.41, 5.74) is 9.20. The molecule has 2 rings (SSSR count). The largest absolute Gasteiger partial charge is 0.449 e. The number of hydrogen-bond acceptors (Lipinski definition) is 4.